The Labute approximate surface area is 271 Å². The van der Waals surface area contributed by atoms with Gasteiger partial charge >= 0.3 is 0 Å². The van der Waals surface area contributed by atoms with E-state index in [4.69, 9.17) is 15.0 Å². The number of nitrogens with zero attached hydrogens (tertiary/aromatic N) is 8. The summed E-state index contributed by atoms with van der Waals surface area (Å²) in [5, 5.41) is 10.5. The zero-order valence-corrected chi connectivity index (χ0v) is 26.8. The van der Waals surface area contributed by atoms with Crippen LogP contribution in [0.25, 0.3) is 28.0 Å². The zero-order valence-electron chi connectivity index (χ0n) is 26.0. The second-order valence-electron chi connectivity index (χ2n) is 11.9. The van der Waals surface area contributed by atoms with Gasteiger partial charge in [-0.25, -0.2) is 19.3 Å². The average Bonchev–Trinajstić information content (AvgIpc) is 3.87. The Morgan fingerprint density at radius 2 is 1.72 bits per heavy atom. The lowest BCUT2D eigenvalue weighted by Gasteiger charge is -2.33. The number of piperidine rings is 1. The highest BCUT2D eigenvalue weighted by molar-refractivity contribution is 7.16. The number of carbonyl (C=O) groups is 1. The topological polar surface area (TPSA) is 93.7 Å². The van der Waals surface area contributed by atoms with Gasteiger partial charge in [-0.2, -0.15) is 5.26 Å². The zero-order chi connectivity index (χ0) is 31.8. The molecule has 2 saturated heterocycles. The molecule has 0 radical (unpaired) electrons. The molecule has 0 aliphatic carbocycles. The van der Waals surface area contributed by atoms with Gasteiger partial charge in [-0.15, -0.1) is 0 Å². The number of hydrogen-bond donors (Lipinski definition) is 0. The summed E-state index contributed by atoms with van der Waals surface area (Å²) in [4.78, 5) is 34.1. The molecule has 0 saturated carbocycles. The van der Waals surface area contributed by atoms with Crippen LogP contribution >= 0.6 is 11.3 Å². The van der Waals surface area contributed by atoms with E-state index in [9.17, 15) is 14.4 Å². The molecule has 7 rings (SSSR count). The summed E-state index contributed by atoms with van der Waals surface area (Å²) in [5.41, 5.74) is 4.95. The van der Waals surface area contributed by atoms with Crippen LogP contribution in [0.5, 0.6) is 0 Å². The number of carbonyl (C=O) groups excluding carboxylic acids is 1. The van der Waals surface area contributed by atoms with Gasteiger partial charge in [0.1, 0.15) is 39.7 Å². The first-order chi connectivity index (χ1) is 22.4. The second kappa shape index (κ2) is 12.5. The van der Waals surface area contributed by atoms with Crippen LogP contribution in [0, 0.1) is 23.1 Å². The monoisotopic (exact) mass is 634 g/mol. The third kappa shape index (κ3) is 5.58. The fraction of sp³-hybridized carbons (Fsp3) is 0.343. The molecule has 0 spiro atoms. The number of pyridine rings is 2. The van der Waals surface area contributed by atoms with Gasteiger partial charge in [-0.1, -0.05) is 18.3 Å². The van der Waals surface area contributed by atoms with Gasteiger partial charge < -0.3 is 14.7 Å². The van der Waals surface area contributed by atoms with Crippen LogP contribution in [0.4, 0.5) is 21.2 Å². The first kappa shape index (κ1) is 29.9. The molecule has 4 aromatic heterocycles. The van der Waals surface area contributed by atoms with Crippen molar-refractivity contribution in [3.8, 4) is 28.5 Å². The van der Waals surface area contributed by atoms with Crippen molar-refractivity contribution < 1.29 is 9.18 Å². The maximum Gasteiger partial charge on any atom is 0.225 e. The van der Waals surface area contributed by atoms with Crippen molar-refractivity contribution >= 4 is 39.7 Å². The van der Waals surface area contributed by atoms with Crippen LogP contribution in [0.1, 0.15) is 43.2 Å². The molecule has 46 heavy (non-hydrogen) atoms. The van der Waals surface area contributed by atoms with Crippen LogP contribution in [-0.4, -0.2) is 63.4 Å². The molecule has 5 aromatic rings. The fourth-order valence-electron chi connectivity index (χ4n) is 6.56. The minimum absolute atomic E-state index is 0.126. The number of fused-ring (bicyclic) bond motifs is 1. The van der Waals surface area contributed by atoms with E-state index in [0.29, 0.717) is 33.6 Å². The summed E-state index contributed by atoms with van der Waals surface area (Å²) in [6.45, 7) is 5.56. The molecule has 6 heterocycles. The summed E-state index contributed by atoms with van der Waals surface area (Å²) in [7, 11) is 1.93. The van der Waals surface area contributed by atoms with Gasteiger partial charge in [-0.3, -0.25) is 9.20 Å². The van der Waals surface area contributed by atoms with Gasteiger partial charge in [0.2, 0.25) is 5.91 Å². The summed E-state index contributed by atoms with van der Waals surface area (Å²) >= 11 is 1.30. The summed E-state index contributed by atoms with van der Waals surface area (Å²) in [5.74, 6) is 1.93. The number of hydrogen-bond acceptors (Lipinski definition) is 8. The molecule has 0 unspecified atom stereocenters. The highest BCUT2D eigenvalue weighted by Gasteiger charge is 2.30. The lowest BCUT2D eigenvalue weighted by molar-refractivity contribution is -0.135. The van der Waals surface area contributed by atoms with E-state index in [0.717, 1.165) is 86.0 Å². The third-order valence-corrected chi connectivity index (χ3v) is 10.1. The SMILES string of the molecule is CCc1nc2ccc(-c3ccc(N4CCC(C(=O)N5CCCC5)CC4)nc3)cn2c1N(C)c1nc(-c2ccc(F)cc2)c(C#N)s1. The van der Waals surface area contributed by atoms with Gasteiger partial charge in [0, 0.05) is 68.2 Å². The Bertz CT molecular complexity index is 1910. The van der Waals surface area contributed by atoms with Crippen molar-refractivity contribution in [1.82, 2.24) is 24.3 Å². The number of likely N-dealkylation sites (tertiary alicyclic amines) is 1. The van der Waals surface area contributed by atoms with Crippen molar-refractivity contribution in [2.45, 2.75) is 39.0 Å². The first-order valence-electron chi connectivity index (χ1n) is 15.8. The second-order valence-corrected chi connectivity index (χ2v) is 12.9. The maximum absolute atomic E-state index is 13.6. The molecule has 0 atom stereocenters. The Balaban J connectivity index is 1.12. The third-order valence-electron chi connectivity index (χ3n) is 9.10. The summed E-state index contributed by atoms with van der Waals surface area (Å²) in [6, 6.07) is 16.5. The molecule has 2 aliphatic rings. The first-order valence-corrected chi connectivity index (χ1v) is 16.7. The smallest absolute Gasteiger partial charge is 0.225 e. The number of rotatable bonds is 7. The van der Waals surface area contributed by atoms with E-state index in [-0.39, 0.29) is 11.7 Å². The van der Waals surface area contributed by atoms with Gasteiger partial charge in [0.05, 0.1) is 5.69 Å². The molecule has 1 aromatic carbocycles. The van der Waals surface area contributed by atoms with Crippen LogP contribution in [-0.2, 0) is 11.2 Å². The quantitative estimate of drug-likeness (QED) is 0.197. The van der Waals surface area contributed by atoms with Gasteiger partial charge in [0.15, 0.2) is 5.13 Å². The van der Waals surface area contributed by atoms with Crippen molar-refractivity contribution in [3.05, 3.63) is 77.3 Å². The molecular formula is C35H35FN8OS. The molecule has 1 amide bonds. The molecule has 11 heteroatoms. The number of aromatic nitrogens is 4. The standard InChI is InChI=1S/C35H35FN8OS/c1-3-28-33(41(2)35-40-32(29(20-37)46-35)23-6-10-27(36)11-7-23)44-22-26(9-13-31(44)39-28)25-8-12-30(38-21-25)42-18-14-24(15-19-42)34(45)43-16-4-5-17-43/h6-13,21-22,24H,3-5,14-19H2,1-2H3. The summed E-state index contributed by atoms with van der Waals surface area (Å²) in [6.07, 6.45) is 8.68. The number of amides is 1. The Morgan fingerprint density at radius 1 is 1.00 bits per heavy atom. The van der Waals surface area contributed by atoms with Crippen LogP contribution in [0.3, 0.4) is 0 Å². The number of nitriles is 1. The van der Waals surface area contributed by atoms with Gasteiger partial charge in [0.25, 0.3) is 0 Å². The number of benzene rings is 1. The molecular weight excluding hydrogens is 600 g/mol. The molecule has 2 fully saturated rings. The Hall–Kier alpha value is -4.82. The molecule has 234 valence electrons. The van der Waals surface area contributed by atoms with E-state index in [1.165, 1.54) is 23.5 Å². The Morgan fingerprint density at radius 3 is 2.39 bits per heavy atom. The van der Waals surface area contributed by atoms with Crippen molar-refractivity contribution in [2.75, 3.05) is 43.0 Å². The predicted octanol–water partition coefficient (Wildman–Crippen LogP) is 6.70. The molecule has 0 N–H and O–H groups in total. The normalized spacial score (nSPS) is 15.4. The predicted molar refractivity (Wildman–Crippen MR) is 179 cm³/mol. The number of imidazole rings is 1. The van der Waals surface area contributed by atoms with Crippen LogP contribution < -0.4 is 9.80 Å². The lowest BCUT2D eigenvalue weighted by Crippen LogP contribution is -2.41. The lowest BCUT2D eigenvalue weighted by atomic mass is 9.95. The molecule has 0 bridgehead atoms. The van der Waals surface area contributed by atoms with Crippen molar-refractivity contribution in [1.29, 1.82) is 5.26 Å². The number of thiazole rings is 1. The maximum atomic E-state index is 13.6. The highest BCUT2D eigenvalue weighted by atomic mass is 32.1. The minimum Gasteiger partial charge on any atom is -0.357 e. The van der Waals surface area contributed by atoms with Gasteiger partial charge in [-0.05, 0) is 80.6 Å². The van der Waals surface area contributed by atoms with E-state index in [1.807, 2.05) is 29.1 Å². The van der Waals surface area contributed by atoms with E-state index in [1.54, 1.807) is 12.1 Å². The van der Waals surface area contributed by atoms with Crippen molar-refractivity contribution in [3.63, 3.8) is 0 Å². The largest absolute Gasteiger partial charge is 0.357 e. The van der Waals surface area contributed by atoms with Crippen molar-refractivity contribution in [2.24, 2.45) is 5.92 Å². The Kier molecular flexibility index (Phi) is 8.13. The average molecular weight is 635 g/mol. The number of aryl methyl sites for hydroxylation is 1. The number of halogens is 1. The number of anilines is 3. The highest BCUT2D eigenvalue weighted by Crippen LogP contribution is 2.37. The van der Waals surface area contributed by atoms with E-state index in [2.05, 4.69) is 46.7 Å². The molecule has 9 nitrogen and oxygen atoms in total. The minimum atomic E-state index is -0.334. The van der Waals surface area contributed by atoms with Crippen LogP contribution in [0.15, 0.2) is 60.9 Å². The fourth-order valence-corrected chi connectivity index (χ4v) is 7.41. The van der Waals surface area contributed by atoms with Crippen LogP contribution in [0.2, 0.25) is 0 Å². The van der Waals surface area contributed by atoms with E-state index >= 15 is 0 Å². The molecule has 2 aliphatic heterocycles. The summed E-state index contributed by atoms with van der Waals surface area (Å²) < 4.78 is 15.6. The van der Waals surface area contributed by atoms with E-state index < -0.39 is 0 Å².